The van der Waals surface area contributed by atoms with E-state index in [4.69, 9.17) is 5.73 Å². The zero-order valence-corrected chi connectivity index (χ0v) is 10.6. The van der Waals surface area contributed by atoms with Crippen LogP contribution in [-0.2, 0) is 12.2 Å². The summed E-state index contributed by atoms with van der Waals surface area (Å²) in [5.41, 5.74) is 6.81. The van der Waals surface area contributed by atoms with E-state index >= 15 is 0 Å². The summed E-state index contributed by atoms with van der Waals surface area (Å²) in [5.74, 6) is 2.41. The summed E-state index contributed by atoms with van der Waals surface area (Å²) in [5, 5.41) is 0.815. The van der Waals surface area contributed by atoms with Crippen LogP contribution in [0.25, 0.3) is 0 Å². The van der Waals surface area contributed by atoms with Crippen molar-refractivity contribution in [2.45, 2.75) is 50.0 Å². The molecule has 0 aliphatic heterocycles. The van der Waals surface area contributed by atoms with E-state index in [-0.39, 0.29) is 0 Å². The summed E-state index contributed by atoms with van der Waals surface area (Å²) in [6.07, 6.45) is 6.40. The van der Waals surface area contributed by atoms with E-state index < -0.39 is 0 Å². The Labute approximate surface area is 101 Å². The summed E-state index contributed by atoms with van der Waals surface area (Å²) in [6, 6.07) is 1.86. The lowest BCUT2D eigenvalue weighted by Gasteiger charge is -2.08. The van der Waals surface area contributed by atoms with Crippen LogP contribution in [0.1, 0.15) is 44.1 Å². The Morgan fingerprint density at radius 3 is 2.81 bits per heavy atom. The number of rotatable bonds is 4. The molecule has 0 spiro atoms. The predicted molar refractivity (Wildman–Crippen MR) is 69.4 cm³/mol. The van der Waals surface area contributed by atoms with E-state index in [0.717, 1.165) is 28.9 Å². The van der Waals surface area contributed by atoms with E-state index in [1.54, 1.807) is 0 Å². The van der Waals surface area contributed by atoms with Gasteiger partial charge in [0.15, 0.2) is 0 Å². The number of nitrogens with two attached hydrogens (primary N) is 1. The van der Waals surface area contributed by atoms with Crippen LogP contribution in [0, 0.1) is 0 Å². The van der Waals surface area contributed by atoms with Gasteiger partial charge in [0.1, 0.15) is 11.6 Å². The van der Waals surface area contributed by atoms with Crippen molar-refractivity contribution in [1.82, 2.24) is 9.97 Å². The molecule has 1 heterocycles. The van der Waals surface area contributed by atoms with Gasteiger partial charge in [0, 0.05) is 17.0 Å². The lowest BCUT2D eigenvalue weighted by molar-refractivity contribution is 0.886. The van der Waals surface area contributed by atoms with Gasteiger partial charge in [0.25, 0.3) is 0 Å². The third-order valence-corrected chi connectivity index (χ3v) is 4.33. The van der Waals surface area contributed by atoms with Crippen molar-refractivity contribution < 1.29 is 0 Å². The minimum atomic E-state index is 0.605. The third-order valence-electron chi connectivity index (χ3n) is 2.96. The van der Waals surface area contributed by atoms with Crippen molar-refractivity contribution in [3.63, 3.8) is 0 Å². The topological polar surface area (TPSA) is 51.8 Å². The van der Waals surface area contributed by atoms with Crippen molar-refractivity contribution in [1.29, 1.82) is 0 Å². The van der Waals surface area contributed by atoms with Crippen LogP contribution in [0.15, 0.2) is 6.07 Å². The van der Waals surface area contributed by atoms with Crippen LogP contribution in [-0.4, -0.2) is 15.2 Å². The number of anilines is 1. The minimum Gasteiger partial charge on any atom is -0.384 e. The van der Waals surface area contributed by atoms with Crippen LogP contribution in [0.3, 0.4) is 0 Å². The van der Waals surface area contributed by atoms with Crippen molar-refractivity contribution >= 4 is 17.6 Å². The molecule has 16 heavy (non-hydrogen) atoms. The summed E-state index contributed by atoms with van der Waals surface area (Å²) in [4.78, 5) is 8.79. The molecule has 88 valence electrons. The Bertz CT molecular complexity index is 348. The normalized spacial score (nSPS) is 16.8. The molecule has 1 saturated carbocycles. The predicted octanol–water partition coefficient (Wildman–Crippen LogP) is 2.80. The molecule has 0 atom stereocenters. The van der Waals surface area contributed by atoms with Crippen LogP contribution in [0.4, 0.5) is 5.82 Å². The lowest BCUT2D eigenvalue weighted by atomic mass is 10.3. The summed E-state index contributed by atoms with van der Waals surface area (Å²) >= 11 is 1.98. The fourth-order valence-electron chi connectivity index (χ4n) is 2.07. The largest absolute Gasteiger partial charge is 0.384 e. The monoisotopic (exact) mass is 237 g/mol. The summed E-state index contributed by atoms with van der Waals surface area (Å²) in [6.45, 7) is 2.09. The molecule has 0 bridgehead atoms. The molecule has 3 nitrogen and oxygen atoms in total. The average molecular weight is 237 g/mol. The second-order valence-electron chi connectivity index (χ2n) is 4.27. The maximum Gasteiger partial charge on any atom is 0.140 e. The molecular formula is C12H19N3S. The fraction of sp³-hybridized carbons (Fsp3) is 0.667. The van der Waals surface area contributed by atoms with E-state index in [9.17, 15) is 0 Å². The van der Waals surface area contributed by atoms with Crippen LogP contribution in [0.2, 0.25) is 0 Å². The highest BCUT2D eigenvalue weighted by Crippen LogP contribution is 2.31. The highest BCUT2D eigenvalue weighted by Gasteiger charge is 2.15. The quantitative estimate of drug-likeness (QED) is 0.875. The second kappa shape index (κ2) is 5.53. The SMILES string of the molecule is CCc1cc(N)nc(CSC2CCCC2)n1. The zero-order chi connectivity index (χ0) is 11.4. The minimum absolute atomic E-state index is 0.605. The first kappa shape index (κ1) is 11.7. The molecule has 1 aromatic rings. The van der Waals surface area contributed by atoms with Gasteiger partial charge in [-0.3, -0.25) is 0 Å². The Hall–Kier alpha value is -0.770. The van der Waals surface area contributed by atoms with Gasteiger partial charge in [-0.25, -0.2) is 9.97 Å². The zero-order valence-electron chi connectivity index (χ0n) is 9.78. The molecule has 0 radical (unpaired) electrons. The molecule has 1 aliphatic rings. The second-order valence-corrected chi connectivity index (χ2v) is 5.56. The van der Waals surface area contributed by atoms with Gasteiger partial charge in [0.05, 0.1) is 5.75 Å². The first-order valence-electron chi connectivity index (χ1n) is 6.02. The molecule has 1 aliphatic carbocycles. The molecule has 2 rings (SSSR count). The van der Waals surface area contributed by atoms with E-state index in [1.807, 2.05) is 17.8 Å². The number of nitrogen functional groups attached to an aromatic ring is 1. The van der Waals surface area contributed by atoms with Crippen LogP contribution < -0.4 is 5.73 Å². The number of aromatic nitrogens is 2. The van der Waals surface area contributed by atoms with Gasteiger partial charge in [0.2, 0.25) is 0 Å². The molecule has 1 fully saturated rings. The Kier molecular flexibility index (Phi) is 4.04. The number of hydrogen-bond acceptors (Lipinski definition) is 4. The third kappa shape index (κ3) is 3.11. The maximum atomic E-state index is 5.76. The van der Waals surface area contributed by atoms with E-state index in [2.05, 4.69) is 16.9 Å². The van der Waals surface area contributed by atoms with Gasteiger partial charge in [-0.1, -0.05) is 19.8 Å². The Morgan fingerprint density at radius 2 is 2.12 bits per heavy atom. The standard InChI is InChI=1S/C12H19N3S/c1-2-9-7-11(13)15-12(14-9)8-16-10-5-3-4-6-10/h7,10H,2-6,8H2,1H3,(H2,13,14,15). The lowest BCUT2D eigenvalue weighted by Crippen LogP contribution is -2.03. The number of nitrogens with zero attached hydrogens (tertiary/aromatic N) is 2. The first-order chi connectivity index (χ1) is 7.78. The first-order valence-corrected chi connectivity index (χ1v) is 7.06. The summed E-state index contributed by atoms with van der Waals surface area (Å²) in [7, 11) is 0. The van der Waals surface area contributed by atoms with Gasteiger partial charge >= 0.3 is 0 Å². The summed E-state index contributed by atoms with van der Waals surface area (Å²) < 4.78 is 0. The highest BCUT2D eigenvalue weighted by molar-refractivity contribution is 7.99. The highest BCUT2D eigenvalue weighted by atomic mass is 32.2. The van der Waals surface area contributed by atoms with E-state index in [1.165, 1.54) is 25.7 Å². The van der Waals surface area contributed by atoms with Crippen molar-refractivity contribution in [2.75, 3.05) is 5.73 Å². The molecule has 0 amide bonds. The number of aryl methyl sites for hydroxylation is 1. The van der Waals surface area contributed by atoms with Gasteiger partial charge < -0.3 is 5.73 Å². The Morgan fingerprint density at radius 1 is 1.38 bits per heavy atom. The van der Waals surface area contributed by atoms with E-state index in [0.29, 0.717) is 5.82 Å². The number of thioether (sulfide) groups is 1. The molecule has 4 heteroatoms. The van der Waals surface area contributed by atoms with Crippen LogP contribution >= 0.6 is 11.8 Å². The van der Waals surface area contributed by atoms with Crippen molar-refractivity contribution in [3.8, 4) is 0 Å². The number of hydrogen-bond donors (Lipinski definition) is 1. The average Bonchev–Trinajstić information content (AvgIpc) is 2.78. The van der Waals surface area contributed by atoms with Gasteiger partial charge in [-0.15, -0.1) is 0 Å². The Balaban J connectivity index is 1.94. The van der Waals surface area contributed by atoms with Gasteiger partial charge in [-0.2, -0.15) is 11.8 Å². The molecule has 0 unspecified atom stereocenters. The molecule has 0 aromatic carbocycles. The van der Waals surface area contributed by atoms with Gasteiger partial charge in [-0.05, 0) is 19.3 Å². The van der Waals surface area contributed by atoms with Crippen molar-refractivity contribution in [2.24, 2.45) is 0 Å². The molecular weight excluding hydrogens is 218 g/mol. The maximum absolute atomic E-state index is 5.76. The fourth-order valence-corrected chi connectivity index (χ4v) is 3.25. The molecule has 0 saturated heterocycles. The van der Waals surface area contributed by atoms with Crippen molar-refractivity contribution in [3.05, 3.63) is 17.6 Å². The van der Waals surface area contributed by atoms with Crippen LogP contribution in [0.5, 0.6) is 0 Å². The molecule has 1 aromatic heterocycles. The molecule has 2 N–H and O–H groups in total. The smallest absolute Gasteiger partial charge is 0.140 e.